The van der Waals surface area contributed by atoms with Gasteiger partial charge in [0.15, 0.2) is 0 Å². The third-order valence-corrected chi connectivity index (χ3v) is 6.79. The van der Waals surface area contributed by atoms with Gasteiger partial charge in [0.1, 0.15) is 11.6 Å². The quantitative estimate of drug-likeness (QED) is 0.376. The average Bonchev–Trinajstić information content (AvgIpc) is 3.13. The summed E-state index contributed by atoms with van der Waals surface area (Å²) in [7, 11) is 3.29. The number of aromatic nitrogens is 2. The molecular weight excluding hydrogens is 408 g/mol. The van der Waals surface area contributed by atoms with Gasteiger partial charge in [-0.25, -0.2) is 9.97 Å². The van der Waals surface area contributed by atoms with Crippen LogP contribution in [0.2, 0.25) is 0 Å². The zero-order valence-electron chi connectivity index (χ0n) is 15.6. The van der Waals surface area contributed by atoms with Crippen LogP contribution in [0.5, 0.6) is 0 Å². The van der Waals surface area contributed by atoms with Gasteiger partial charge in [0.05, 0.1) is 12.6 Å². The van der Waals surface area contributed by atoms with Crippen LogP contribution >= 0.6 is 21.6 Å². The fraction of sp³-hybridized carbons (Fsp3) is 0.588. The minimum absolute atomic E-state index is 0. The number of aryl methyl sites for hydroxylation is 1. The highest BCUT2D eigenvalue weighted by molar-refractivity contribution is 8.78. The Bertz CT molecular complexity index is 643. The summed E-state index contributed by atoms with van der Waals surface area (Å²) in [5.41, 5.74) is 7.44. The van der Waals surface area contributed by atoms with E-state index >= 15 is 0 Å². The summed E-state index contributed by atoms with van der Waals surface area (Å²) in [6, 6.07) is 0. The molecule has 0 bridgehead atoms. The molecule has 10 heteroatoms. The second-order valence-corrected chi connectivity index (χ2v) is 8.48. The molecule has 0 radical (unpaired) electrons. The number of nitrogens with zero attached hydrogens (tertiary/aromatic N) is 3. The van der Waals surface area contributed by atoms with E-state index in [0.29, 0.717) is 36.3 Å². The lowest BCUT2D eigenvalue weighted by Crippen LogP contribution is -3.00. The first kappa shape index (κ1) is 24.0. The third kappa shape index (κ3) is 7.50. The fourth-order valence-corrected chi connectivity index (χ4v) is 5.29. The highest BCUT2D eigenvalue weighted by atomic mass is 35.5. The van der Waals surface area contributed by atoms with E-state index in [9.17, 15) is 9.90 Å². The number of rotatable bonds is 10. The summed E-state index contributed by atoms with van der Waals surface area (Å²) in [5.74, 6) is 1.87. The van der Waals surface area contributed by atoms with Crippen molar-refractivity contribution in [3.05, 3.63) is 28.2 Å². The van der Waals surface area contributed by atoms with E-state index < -0.39 is 0 Å². The molecule has 0 aromatic carbocycles. The van der Waals surface area contributed by atoms with Crippen molar-refractivity contribution >= 4 is 33.8 Å². The molecule has 0 aliphatic carbocycles. The number of hydrogen-bond acceptors (Lipinski definition) is 8. The highest BCUT2D eigenvalue weighted by Gasteiger charge is 2.18. The van der Waals surface area contributed by atoms with Crippen LogP contribution in [-0.2, 0) is 16.1 Å². The van der Waals surface area contributed by atoms with Crippen LogP contribution in [0.3, 0.4) is 0 Å². The summed E-state index contributed by atoms with van der Waals surface area (Å²) >= 11 is 0. The number of aliphatic hydroxyl groups excluding tert-OH is 1. The van der Waals surface area contributed by atoms with Crippen LogP contribution < -0.4 is 18.1 Å². The van der Waals surface area contributed by atoms with E-state index in [1.807, 2.05) is 6.92 Å². The number of nitrogens with two attached hydrogens (primary N) is 1. The number of halogens is 1. The summed E-state index contributed by atoms with van der Waals surface area (Å²) in [4.78, 5) is 22.5. The Morgan fingerprint density at radius 3 is 2.93 bits per heavy atom. The second kappa shape index (κ2) is 12.5. The molecule has 1 aliphatic heterocycles. The molecule has 152 valence electrons. The Kier molecular flexibility index (Phi) is 11.1. The van der Waals surface area contributed by atoms with Crippen LogP contribution in [0.1, 0.15) is 37.6 Å². The van der Waals surface area contributed by atoms with Crippen molar-refractivity contribution in [3.63, 3.8) is 0 Å². The first-order chi connectivity index (χ1) is 12.5. The monoisotopic (exact) mass is 433 g/mol. The van der Waals surface area contributed by atoms with E-state index in [1.54, 1.807) is 39.6 Å². The molecule has 7 nitrogen and oxygen atoms in total. The standard InChI is InChI=1S/C17H26N4O3S2.ClH/c1-12(16(5-6-22)26-25-10-15-4-3-7-24-15)21(11-23)9-14-8-19-13(2)20-17(14)18;/h8,11,15,22H,3-7,9-10H2,1-2H3,(H2,18,19,20);1H/p-1. The number of allylic oxidation sites excluding steroid dienone is 1. The van der Waals surface area contributed by atoms with E-state index in [4.69, 9.17) is 10.5 Å². The van der Waals surface area contributed by atoms with Gasteiger partial charge in [-0.1, -0.05) is 21.6 Å². The number of anilines is 1. The predicted molar refractivity (Wildman–Crippen MR) is 106 cm³/mol. The fourth-order valence-electron chi connectivity index (χ4n) is 2.55. The summed E-state index contributed by atoms with van der Waals surface area (Å²) in [5, 5.41) is 9.39. The number of carbonyl (C=O) groups is 1. The number of aliphatic hydroxyl groups is 1. The predicted octanol–water partition coefficient (Wildman–Crippen LogP) is -0.496. The molecule has 1 atom stereocenters. The maximum Gasteiger partial charge on any atom is 0.214 e. The van der Waals surface area contributed by atoms with Crippen molar-refractivity contribution in [1.82, 2.24) is 14.9 Å². The Hall–Kier alpha value is -1.00. The molecule has 3 N–H and O–H groups in total. The minimum Gasteiger partial charge on any atom is -1.00 e. The smallest absolute Gasteiger partial charge is 0.214 e. The van der Waals surface area contributed by atoms with Crippen LogP contribution in [0.4, 0.5) is 5.82 Å². The SMILES string of the molecule is CC(=C(CCO)SSCC1CCCO1)N(C=O)Cc1cnc(C)nc1N.[Cl-]. The molecule has 0 saturated carbocycles. The summed E-state index contributed by atoms with van der Waals surface area (Å²) < 4.78 is 5.63. The Balaban J connectivity index is 0.00000364. The number of hydrogen-bond donors (Lipinski definition) is 2. The van der Waals surface area contributed by atoms with E-state index in [-0.39, 0.29) is 19.0 Å². The second-order valence-electron chi connectivity index (χ2n) is 6.05. The zero-order chi connectivity index (χ0) is 18.9. The van der Waals surface area contributed by atoms with Gasteiger partial charge in [0.2, 0.25) is 6.41 Å². The van der Waals surface area contributed by atoms with Crippen molar-refractivity contribution in [1.29, 1.82) is 0 Å². The lowest BCUT2D eigenvalue weighted by molar-refractivity contribution is -0.116. The van der Waals surface area contributed by atoms with Gasteiger partial charge in [0.25, 0.3) is 0 Å². The van der Waals surface area contributed by atoms with Crippen LogP contribution in [0.25, 0.3) is 0 Å². The van der Waals surface area contributed by atoms with E-state index in [0.717, 1.165) is 42.2 Å². The van der Waals surface area contributed by atoms with Gasteiger partial charge >= 0.3 is 0 Å². The van der Waals surface area contributed by atoms with Gasteiger partial charge in [0, 0.05) is 47.7 Å². The zero-order valence-corrected chi connectivity index (χ0v) is 17.9. The lowest BCUT2D eigenvalue weighted by Gasteiger charge is -2.22. The maximum atomic E-state index is 11.6. The average molecular weight is 434 g/mol. The van der Waals surface area contributed by atoms with Crippen molar-refractivity contribution in [2.24, 2.45) is 0 Å². The van der Waals surface area contributed by atoms with Crippen LogP contribution in [0.15, 0.2) is 16.8 Å². The molecule has 2 rings (SSSR count). The third-order valence-electron chi connectivity index (χ3n) is 4.10. The number of amides is 1. The molecule has 0 spiro atoms. The maximum absolute atomic E-state index is 11.6. The largest absolute Gasteiger partial charge is 1.00 e. The van der Waals surface area contributed by atoms with Crippen LogP contribution in [0, 0.1) is 6.92 Å². The van der Waals surface area contributed by atoms with Crippen molar-refractivity contribution in [3.8, 4) is 0 Å². The Labute approximate surface area is 174 Å². The molecule has 1 unspecified atom stereocenters. The first-order valence-corrected chi connectivity index (χ1v) is 10.9. The Morgan fingerprint density at radius 2 is 2.33 bits per heavy atom. The van der Waals surface area contributed by atoms with E-state index in [1.165, 1.54) is 0 Å². The first-order valence-electron chi connectivity index (χ1n) is 8.56. The molecule has 1 saturated heterocycles. The van der Waals surface area contributed by atoms with Gasteiger partial charge in [-0.05, 0) is 26.7 Å². The molecule has 1 aromatic heterocycles. The van der Waals surface area contributed by atoms with Crippen molar-refractivity contribution < 1.29 is 27.0 Å². The summed E-state index contributed by atoms with van der Waals surface area (Å²) in [6.45, 7) is 4.82. The molecule has 1 fully saturated rings. The molecule has 2 heterocycles. The van der Waals surface area contributed by atoms with Gasteiger partial charge in [-0.3, -0.25) is 4.79 Å². The lowest BCUT2D eigenvalue weighted by atomic mass is 10.2. The normalized spacial score (nSPS) is 17.2. The van der Waals surface area contributed by atoms with Crippen molar-refractivity contribution in [2.75, 3.05) is 24.7 Å². The topological polar surface area (TPSA) is 102 Å². The molecular formula is C17H26ClN4O3S2-. The number of carbonyl (C=O) groups excluding carboxylic acids is 1. The number of ether oxygens (including phenoxy) is 1. The Morgan fingerprint density at radius 1 is 1.56 bits per heavy atom. The highest BCUT2D eigenvalue weighted by Crippen LogP contribution is 2.37. The number of nitrogen functional groups attached to an aromatic ring is 1. The van der Waals surface area contributed by atoms with E-state index in [2.05, 4.69) is 9.97 Å². The van der Waals surface area contributed by atoms with Gasteiger partial charge < -0.3 is 32.9 Å². The molecule has 1 aliphatic rings. The summed E-state index contributed by atoms with van der Waals surface area (Å²) in [6.07, 6.45) is 5.43. The molecule has 1 aromatic rings. The minimum atomic E-state index is 0. The van der Waals surface area contributed by atoms with Crippen molar-refractivity contribution in [2.45, 2.75) is 45.8 Å². The van der Waals surface area contributed by atoms with Gasteiger partial charge in [-0.2, -0.15) is 0 Å². The molecule has 27 heavy (non-hydrogen) atoms. The van der Waals surface area contributed by atoms with Crippen LogP contribution in [-0.4, -0.2) is 51.5 Å². The molecule has 1 amide bonds. The van der Waals surface area contributed by atoms with Gasteiger partial charge in [-0.15, -0.1) is 0 Å².